The predicted octanol–water partition coefficient (Wildman–Crippen LogP) is 5.33. The molecule has 0 saturated carbocycles. The van der Waals surface area contributed by atoms with E-state index in [-0.39, 0.29) is 11.7 Å². The molecule has 0 aliphatic heterocycles. The van der Waals surface area contributed by atoms with Gasteiger partial charge in [0, 0.05) is 11.8 Å². The standard InChI is InChI=1S/C28H29N3O4S/c1-16-11-20(14-26(35-4)17(16)2)27-22(15-30-36-27)19-7-10-25(34-3)24(13-19)31-28(33)23(29)12-18-5-8-21(32)9-6-18/h5-11,13-15,23,32H,12,29H2,1-4H3,(H,31,33)/t23-/m0/s1. The number of nitrogens with zero attached hydrogens (tertiary/aromatic N) is 1. The molecule has 1 atom stereocenters. The van der Waals surface area contributed by atoms with Crippen LogP contribution in [0, 0.1) is 13.8 Å². The number of hydrogen-bond acceptors (Lipinski definition) is 7. The first-order valence-electron chi connectivity index (χ1n) is 11.4. The SMILES string of the molecule is COc1ccc(-c2cnsc2-c2cc(C)c(C)c(OC)c2)cc1NC(=O)[C@@H](N)Cc1ccc(O)cc1. The number of rotatable bonds is 8. The number of carbonyl (C=O) groups excluding carboxylic acids is 1. The number of anilines is 1. The fourth-order valence-corrected chi connectivity index (χ4v) is 4.76. The fraction of sp³-hybridized carbons (Fsp3) is 0.214. The highest BCUT2D eigenvalue weighted by Crippen LogP contribution is 2.40. The number of aryl methyl sites for hydroxylation is 1. The van der Waals surface area contributed by atoms with Crippen molar-refractivity contribution in [3.8, 4) is 38.8 Å². The van der Waals surface area contributed by atoms with Gasteiger partial charge in [-0.25, -0.2) is 0 Å². The molecule has 7 nitrogen and oxygen atoms in total. The quantitative estimate of drug-likeness (QED) is 0.300. The largest absolute Gasteiger partial charge is 0.508 e. The first-order valence-corrected chi connectivity index (χ1v) is 12.2. The summed E-state index contributed by atoms with van der Waals surface area (Å²) in [5.41, 5.74) is 12.6. The summed E-state index contributed by atoms with van der Waals surface area (Å²) in [4.78, 5) is 13.9. The Labute approximate surface area is 214 Å². The zero-order valence-electron chi connectivity index (χ0n) is 20.7. The number of carbonyl (C=O) groups is 1. The van der Waals surface area contributed by atoms with Gasteiger partial charge in [-0.2, -0.15) is 4.37 Å². The monoisotopic (exact) mass is 503 g/mol. The smallest absolute Gasteiger partial charge is 0.241 e. The second kappa shape index (κ2) is 10.8. The van der Waals surface area contributed by atoms with Crippen molar-refractivity contribution in [2.24, 2.45) is 5.73 Å². The van der Waals surface area contributed by atoms with Crippen LogP contribution in [0.4, 0.5) is 5.69 Å². The summed E-state index contributed by atoms with van der Waals surface area (Å²) in [6.07, 6.45) is 2.16. The molecule has 1 amide bonds. The lowest BCUT2D eigenvalue weighted by Crippen LogP contribution is -2.37. The number of phenolic OH excluding ortho intramolecular Hbond substituents is 1. The molecule has 186 valence electrons. The van der Waals surface area contributed by atoms with Gasteiger partial charge in [0.15, 0.2) is 0 Å². The second-order valence-electron chi connectivity index (χ2n) is 8.57. The molecule has 4 aromatic rings. The Morgan fingerprint density at radius 1 is 1.03 bits per heavy atom. The van der Waals surface area contributed by atoms with E-state index in [1.807, 2.05) is 37.4 Å². The van der Waals surface area contributed by atoms with Crippen molar-refractivity contribution in [3.05, 3.63) is 77.5 Å². The third-order valence-electron chi connectivity index (χ3n) is 6.17. The zero-order chi connectivity index (χ0) is 25.8. The maximum Gasteiger partial charge on any atom is 0.241 e. The molecule has 0 radical (unpaired) electrons. The van der Waals surface area contributed by atoms with Crippen molar-refractivity contribution < 1.29 is 19.4 Å². The van der Waals surface area contributed by atoms with Crippen LogP contribution in [0.2, 0.25) is 0 Å². The van der Waals surface area contributed by atoms with E-state index in [0.29, 0.717) is 17.9 Å². The first-order chi connectivity index (χ1) is 17.3. The second-order valence-corrected chi connectivity index (χ2v) is 9.37. The maximum atomic E-state index is 12.9. The zero-order valence-corrected chi connectivity index (χ0v) is 21.5. The third-order valence-corrected chi connectivity index (χ3v) is 7.02. The van der Waals surface area contributed by atoms with E-state index in [1.165, 1.54) is 11.5 Å². The summed E-state index contributed by atoms with van der Waals surface area (Å²) in [5.74, 6) is 1.19. The summed E-state index contributed by atoms with van der Waals surface area (Å²) < 4.78 is 15.5. The lowest BCUT2D eigenvalue weighted by molar-refractivity contribution is -0.117. The minimum absolute atomic E-state index is 0.167. The topological polar surface area (TPSA) is 107 Å². The molecule has 36 heavy (non-hydrogen) atoms. The molecule has 0 aliphatic rings. The number of amides is 1. The molecule has 4 rings (SSSR count). The normalized spacial score (nSPS) is 11.7. The van der Waals surface area contributed by atoms with Crippen LogP contribution in [-0.2, 0) is 11.2 Å². The number of methoxy groups -OCH3 is 2. The van der Waals surface area contributed by atoms with Crippen LogP contribution in [0.5, 0.6) is 17.2 Å². The molecule has 3 aromatic carbocycles. The number of aromatic hydroxyl groups is 1. The van der Waals surface area contributed by atoms with Crippen LogP contribution in [0.3, 0.4) is 0 Å². The molecular formula is C28H29N3O4S. The molecule has 4 N–H and O–H groups in total. The van der Waals surface area contributed by atoms with Gasteiger partial charge in [-0.15, -0.1) is 0 Å². The number of ether oxygens (including phenoxy) is 2. The van der Waals surface area contributed by atoms with Crippen LogP contribution in [0.15, 0.2) is 60.8 Å². The maximum absolute atomic E-state index is 12.9. The Bertz CT molecular complexity index is 1380. The van der Waals surface area contributed by atoms with Crippen molar-refractivity contribution in [2.45, 2.75) is 26.3 Å². The highest BCUT2D eigenvalue weighted by atomic mass is 32.1. The van der Waals surface area contributed by atoms with Crippen molar-refractivity contribution >= 4 is 23.1 Å². The Hall–Kier alpha value is -3.88. The van der Waals surface area contributed by atoms with Crippen molar-refractivity contribution in [3.63, 3.8) is 0 Å². The highest BCUT2D eigenvalue weighted by Gasteiger charge is 2.19. The third kappa shape index (κ3) is 5.35. The van der Waals surface area contributed by atoms with Gasteiger partial charge in [-0.1, -0.05) is 24.3 Å². The van der Waals surface area contributed by atoms with Crippen LogP contribution in [0.25, 0.3) is 21.6 Å². The van der Waals surface area contributed by atoms with Crippen molar-refractivity contribution in [2.75, 3.05) is 19.5 Å². The minimum Gasteiger partial charge on any atom is -0.508 e. The van der Waals surface area contributed by atoms with E-state index in [9.17, 15) is 9.90 Å². The molecule has 0 spiro atoms. The molecule has 1 aromatic heterocycles. The van der Waals surface area contributed by atoms with Crippen LogP contribution >= 0.6 is 11.5 Å². The number of aromatic nitrogens is 1. The average molecular weight is 504 g/mol. The van der Waals surface area contributed by atoms with Crippen LogP contribution in [0.1, 0.15) is 16.7 Å². The highest BCUT2D eigenvalue weighted by molar-refractivity contribution is 7.10. The van der Waals surface area contributed by atoms with Gasteiger partial charge in [0.05, 0.1) is 30.8 Å². The van der Waals surface area contributed by atoms with Gasteiger partial charge in [-0.3, -0.25) is 4.79 Å². The van der Waals surface area contributed by atoms with Gasteiger partial charge < -0.3 is 25.6 Å². The summed E-state index contributed by atoms with van der Waals surface area (Å²) in [6, 6.07) is 15.6. The Balaban J connectivity index is 1.62. The number of phenols is 1. The average Bonchev–Trinajstić information content (AvgIpc) is 3.37. The van der Waals surface area contributed by atoms with E-state index in [1.54, 1.807) is 38.5 Å². The summed E-state index contributed by atoms with van der Waals surface area (Å²) in [5, 5.41) is 12.4. The first kappa shape index (κ1) is 25.2. The minimum atomic E-state index is -0.774. The fourth-order valence-electron chi connectivity index (χ4n) is 4.00. The molecule has 0 saturated heterocycles. The Kier molecular flexibility index (Phi) is 7.57. The van der Waals surface area contributed by atoms with Crippen molar-refractivity contribution in [1.29, 1.82) is 0 Å². The lowest BCUT2D eigenvalue weighted by Gasteiger charge is -2.16. The van der Waals surface area contributed by atoms with Crippen molar-refractivity contribution in [1.82, 2.24) is 4.37 Å². The van der Waals surface area contributed by atoms with E-state index in [4.69, 9.17) is 15.2 Å². The van der Waals surface area contributed by atoms with E-state index >= 15 is 0 Å². The van der Waals surface area contributed by atoms with Gasteiger partial charge >= 0.3 is 0 Å². The summed E-state index contributed by atoms with van der Waals surface area (Å²) in [7, 11) is 3.23. The van der Waals surface area contributed by atoms with Gasteiger partial charge in [-0.05, 0) is 89.9 Å². The number of nitrogens with one attached hydrogen (secondary N) is 1. The molecule has 0 bridgehead atoms. The summed E-state index contributed by atoms with van der Waals surface area (Å²) >= 11 is 1.41. The molecule has 1 heterocycles. The molecular weight excluding hydrogens is 474 g/mol. The molecule has 0 unspecified atom stereocenters. The number of benzene rings is 3. The van der Waals surface area contributed by atoms with Crippen LogP contribution < -0.4 is 20.5 Å². The Morgan fingerprint density at radius 3 is 2.44 bits per heavy atom. The Morgan fingerprint density at radius 2 is 1.75 bits per heavy atom. The predicted molar refractivity (Wildman–Crippen MR) is 144 cm³/mol. The van der Waals surface area contributed by atoms with Crippen LogP contribution in [-0.4, -0.2) is 35.6 Å². The molecule has 0 aliphatic carbocycles. The number of hydrogen-bond donors (Lipinski definition) is 3. The lowest BCUT2D eigenvalue weighted by atomic mass is 9.99. The number of nitrogens with two attached hydrogens (primary N) is 1. The van der Waals surface area contributed by atoms with Gasteiger partial charge in [0.1, 0.15) is 17.2 Å². The summed E-state index contributed by atoms with van der Waals surface area (Å²) in [6.45, 7) is 4.10. The molecule has 0 fully saturated rings. The van der Waals surface area contributed by atoms with Gasteiger partial charge in [0.2, 0.25) is 5.91 Å². The van der Waals surface area contributed by atoms with E-state index in [0.717, 1.165) is 44.0 Å². The van der Waals surface area contributed by atoms with E-state index < -0.39 is 6.04 Å². The van der Waals surface area contributed by atoms with Gasteiger partial charge in [0.25, 0.3) is 0 Å². The molecule has 8 heteroatoms. The van der Waals surface area contributed by atoms with E-state index in [2.05, 4.69) is 22.7 Å².